The molecule has 35 heavy (non-hydrogen) atoms. The van der Waals surface area contributed by atoms with Gasteiger partial charge >= 0.3 is 0 Å². The molecule has 2 fully saturated rings. The summed E-state index contributed by atoms with van der Waals surface area (Å²) in [5, 5.41) is 0. The first kappa shape index (κ1) is 24.1. The van der Waals surface area contributed by atoms with Crippen LogP contribution in [0, 0.1) is 5.92 Å². The summed E-state index contributed by atoms with van der Waals surface area (Å²) in [5.41, 5.74) is 3.24. The van der Waals surface area contributed by atoms with E-state index in [0.29, 0.717) is 25.0 Å². The number of benzene rings is 2. The highest BCUT2D eigenvalue weighted by atomic mass is 16.2. The number of hydrogen-bond donors (Lipinski definition) is 0. The highest BCUT2D eigenvalue weighted by Crippen LogP contribution is 2.36. The number of amides is 2. The van der Waals surface area contributed by atoms with Crippen molar-refractivity contribution >= 4 is 17.5 Å². The second-order valence-electron chi connectivity index (χ2n) is 10.7. The summed E-state index contributed by atoms with van der Waals surface area (Å²) in [7, 11) is 0. The van der Waals surface area contributed by atoms with Crippen molar-refractivity contribution < 1.29 is 9.59 Å². The molecule has 2 aliphatic heterocycles. The molecule has 0 N–H and O–H groups in total. The molecule has 2 amide bonds. The lowest BCUT2D eigenvalue weighted by atomic mass is 9.92. The lowest BCUT2D eigenvalue weighted by Gasteiger charge is -2.44. The highest BCUT2D eigenvalue weighted by molar-refractivity contribution is 5.92. The number of rotatable bonds is 5. The summed E-state index contributed by atoms with van der Waals surface area (Å²) in [4.78, 5) is 33.2. The quantitative estimate of drug-likeness (QED) is 0.611. The molecule has 1 saturated carbocycles. The van der Waals surface area contributed by atoms with E-state index in [0.717, 1.165) is 56.1 Å². The van der Waals surface area contributed by atoms with Crippen LogP contribution in [0.1, 0.15) is 63.0 Å². The topological polar surface area (TPSA) is 43.9 Å². The van der Waals surface area contributed by atoms with Gasteiger partial charge in [0.1, 0.15) is 0 Å². The van der Waals surface area contributed by atoms with Crippen molar-refractivity contribution in [3.63, 3.8) is 0 Å². The maximum Gasteiger partial charge on any atom is 0.223 e. The fraction of sp³-hybridized carbons (Fsp3) is 0.533. The predicted octanol–water partition coefficient (Wildman–Crippen LogP) is 5.04. The molecule has 2 aromatic carbocycles. The number of para-hydroxylation sites is 1. The Kier molecular flexibility index (Phi) is 7.52. The molecule has 5 nitrogen and oxygen atoms in total. The average molecular weight is 474 g/mol. The Bertz CT molecular complexity index is 1020. The van der Waals surface area contributed by atoms with E-state index in [1.807, 2.05) is 35.2 Å². The third-order valence-corrected chi connectivity index (χ3v) is 8.14. The number of fused-ring (bicyclic) bond motifs is 3. The smallest absolute Gasteiger partial charge is 0.223 e. The second-order valence-corrected chi connectivity index (χ2v) is 10.7. The number of aryl methyl sites for hydroxylation is 1. The molecule has 5 heteroatoms. The van der Waals surface area contributed by atoms with Crippen molar-refractivity contribution in [3.8, 4) is 0 Å². The Labute approximate surface area is 210 Å². The maximum absolute atomic E-state index is 13.7. The molecule has 2 heterocycles. The monoisotopic (exact) mass is 473 g/mol. The van der Waals surface area contributed by atoms with Crippen molar-refractivity contribution in [1.29, 1.82) is 0 Å². The molecule has 0 radical (unpaired) electrons. The van der Waals surface area contributed by atoms with Crippen LogP contribution in [0.2, 0.25) is 0 Å². The molecule has 1 aliphatic carbocycles. The molecule has 2 bridgehead atoms. The average Bonchev–Trinajstić information content (AvgIpc) is 3.69. The fourth-order valence-electron chi connectivity index (χ4n) is 6.02. The van der Waals surface area contributed by atoms with Crippen LogP contribution in [-0.4, -0.2) is 53.3 Å². The van der Waals surface area contributed by atoms with E-state index >= 15 is 0 Å². The van der Waals surface area contributed by atoms with Crippen molar-refractivity contribution in [1.82, 2.24) is 9.80 Å². The molecule has 2 atom stereocenters. The molecule has 2 unspecified atom stereocenters. The number of nitrogens with zero attached hydrogens (tertiary/aromatic N) is 3. The first-order valence-electron chi connectivity index (χ1n) is 13.5. The van der Waals surface area contributed by atoms with Gasteiger partial charge in [0.25, 0.3) is 0 Å². The lowest BCUT2D eigenvalue weighted by molar-refractivity contribution is -0.133. The van der Waals surface area contributed by atoms with E-state index in [4.69, 9.17) is 0 Å². The van der Waals surface area contributed by atoms with Gasteiger partial charge in [-0.15, -0.1) is 0 Å². The minimum Gasteiger partial charge on any atom is -0.337 e. The maximum atomic E-state index is 13.7. The molecular formula is C30H39N3O2. The minimum atomic E-state index is 0.0831. The Balaban J connectivity index is 1.45. The number of carbonyl (C=O) groups excluding carboxylic acids is 2. The van der Waals surface area contributed by atoms with E-state index in [9.17, 15) is 9.59 Å². The van der Waals surface area contributed by atoms with Crippen LogP contribution >= 0.6 is 0 Å². The zero-order valence-electron chi connectivity index (χ0n) is 21.1. The Hall–Kier alpha value is -2.66. The molecular weight excluding hydrogens is 434 g/mol. The molecule has 3 aliphatic rings. The van der Waals surface area contributed by atoms with Crippen LogP contribution in [0.15, 0.2) is 54.6 Å². The van der Waals surface area contributed by atoms with Gasteiger partial charge in [0, 0.05) is 57.3 Å². The minimum absolute atomic E-state index is 0.0831. The first-order valence-corrected chi connectivity index (χ1v) is 13.5. The van der Waals surface area contributed by atoms with Crippen LogP contribution in [0.4, 0.5) is 5.69 Å². The van der Waals surface area contributed by atoms with Gasteiger partial charge in [0.05, 0.1) is 0 Å². The van der Waals surface area contributed by atoms with Crippen molar-refractivity contribution in [3.05, 3.63) is 65.7 Å². The first-order chi connectivity index (χ1) is 17.1. The number of hydrogen-bond acceptors (Lipinski definition) is 3. The standard InChI is InChI=1S/C30H39N3O2/c1-23(34)32-19-18-27-11-7-12-28(33(27)20-25-14-15-25)22-31(21-26-10-5-6-13-29(26)32)30(35)17-16-24-8-3-2-4-9-24/h2-6,8-10,13,25,27-28H,7,11-12,14-22H2,1H3. The van der Waals surface area contributed by atoms with Crippen LogP contribution in [0.3, 0.4) is 0 Å². The van der Waals surface area contributed by atoms with Crippen LogP contribution in [0.5, 0.6) is 0 Å². The van der Waals surface area contributed by atoms with Crippen LogP contribution in [-0.2, 0) is 22.6 Å². The van der Waals surface area contributed by atoms with Crippen molar-refractivity contribution in [2.24, 2.45) is 5.92 Å². The normalized spacial score (nSPS) is 23.3. The second kappa shape index (κ2) is 10.9. The number of piperidine rings is 1. The zero-order chi connectivity index (χ0) is 24.2. The summed E-state index contributed by atoms with van der Waals surface area (Å²) in [6.07, 6.45) is 8.50. The van der Waals surface area contributed by atoms with Crippen LogP contribution < -0.4 is 4.90 Å². The van der Waals surface area contributed by atoms with Gasteiger partial charge in [0.2, 0.25) is 11.8 Å². The van der Waals surface area contributed by atoms with Crippen LogP contribution in [0.25, 0.3) is 0 Å². The Morgan fingerprint density at radius 1 is 0.886 bits per heavy atom. The molecule has 0 spiro atoms. The van der Waals surface area contributed by atoms with E-state index in [2.05, 4.69) is 34.1 Å². The Morgan fingerprint density at radius 2 is 1.63 bits per heavy atom. The van der Waals surface area contributed by atoms with Crippen molar-refractivity contribution in [2.75, 3.05) is 24.5 Å². The van der Waals surface area contributed by atoms with E-state index in [1.54, 1.807) is 6.92 Å². The lowest BCUT2D eigenvalue weighted by Crippen LogP contribution is -2.53. The van der Waals surface area contributed by atoms with Gasteiger partial charge in [-0.25, -0.2) is 0 Å². The van der Waals surface area contributed by atoms with E-state index in [1.165, 1.54) is 31.2 Å². The van der Waals surface area contributed by atoms with Crippen molar-refractivity contribution in [2.45, 2.75) is 76.9 Å². The number of anilines is 1. The SMILES string of the molecule is CC(=O)N1CCC2CCCC(CN(C(=O)CCc3ccccc3)Cc3ccccc31)N2CC1CC1. The van der Waals surface area contributed by atoms with Gasteiger partial charge in [0.15, 0.2) is 0 Å². The fourth-order valence-corrected chi connectivity index (χ4v) is 6.02. The van der Waals surface area contributed by atoms with Gasteiger partial charge in [-0.1, -0.05) is 55.0 Å². The van der Waals surface area contributed by atoms with Gasteiger partial charge in [-0.2, -0.15) is 0 Å². The third-order valence-electron chi connectivity index (χ3n) is 8.14. The molecule has 5 rings (SSSR count). The molecule has 0 aromatic heterocycles. The van der Waals surface area contributed by atoms with E-state index < -0.39 is 0 Å². The largest absolute Gasteiger partial charge is 0.337 e. The molecule has 1 saturated heterocycles. The summed E-state index contributed by atoms with van der Waals surface area (Å²) in [6.45, 7) is 4.91. The summed E-state index contributed by atoms with van der Waals surface area (Å²) >= 11 is 0. The van der Waals surface area contributed by atoms with Gasteiger partial charge in [-0.3, -0.25) is 14.5 Å². The Morgan fingerprint density at radius 3 is 2.40 bits per heavy atom. The predicted molar refractivity (Wildman–Crippen MR) is 140 cm³/mol. The third kappa shape index (κ3) is 5.95. The zero-order valence-corrected chi connectivity index (χ0v) is 21.1. The molecule has 2 aromatic rings. The van der Waals surface area contributed by atoms with E-state index in [-0.39, 0.29) is 11.8 Å². The summed E-state index contributed by atoms with van der Waals surface area (Å²) in [6, 6.07) is 19.4. The highest BCUT2D eigenvalue weighted by Gasteiger charge is 2.37. The summed E-state index contributed by atoms with van der Waals surface area (Å²) in [5.74, 6) is 1.11. The van der Waals surface area contributed by atoms with Gasteiger partial charge in [-0.05, 0) is 61.6 Å². The van der Waals surface area contributed by atoms with Gasteiger partial charge < -0.3 is 9.80 Å². The molecule has 186 valence electrons. The summed E-state index contributed by atoms with van der Waals surface area (Å²) < 4.78 is 0. The number of carbonyl (C=O) groups is 2.